The molecule has 0 amide bonds. The highest BCUT2D eigenvalue weighted by Crippen LogP contribution is 2.24. The van der Waals surface area contributed by atoms with Gasteiger partial charge in [0.05, 0.1) is 0 Å². The first kappa shape index (κ1) is 67.9. The van der Waals surface area contributed by atoms with Gasteiger partial charge in [0.25, 0.3) is 0 Å². The summed E-state index contributed by atoms with van der Waals surface area (Å²) >= 11 is 0. The molecule has 1 aliphatic rings. The normalized spacial score (nSPS) is 13.9. The first-order valence-corrected chi connectivity index (χ1v) is 33.6. The number of hydrogen-bond donors (Lipinski definition) is 0. The first-order valence-electron chi connectivity index (χ1n) is 33.6. The molecule has 0 aromatic rings. The van der Waals surface area contributed by atoms with E-state index in [0.29, 0.717) is 0 Å². The average molecular weight is 986 g/mol. The zero-order chi connectivity index (χ0) is 50.3. The fraction of sp³-hybridized carbons (Fsp3) is 1.00. The van der Waals surface area contributed by atoms with Crippen molar-refractivity contribution in [2.24, 2.45) is 5.92 Å². The van der Waals surface area contributed by atoms with E-state index in [1.807, 2.05) is 0 Å². The van der Waals surface area contributed by atoms with Crippen molar-refractivity contribution in [3.05, 3.63) is 0 Å². The van der Waals surface area contributed by atoms with E-state index < -0.39 is 0 Å². The van der Waals surface area contributed by atoms with Crippen LogP contribution in [-0.4, -0.2) is 98.1 Å². The van der Waals surface area contributed by atoms with Gasteiger partial charge < -0.3 is 14.7 Å². The van der Waals surface area contributed by atoms with Crippen molar-refractivity contribution in [3.8, 4) is 0 Å². The molecule has 1 heterocycles. The molecular formula is C66H136N4. The summed E-state index contributed by atoms with van der Waals surface area (Å²) in [4.78, 5) is 11.5. The maximum absolute atomic E-state index is 2.96. The summed E-state index contributed by atoms with van der Waals surface area (Å²) in [5, 5.41) is 0. The van der Waals surface area contributed by atoms with Crippen LogP contribution in [0.3, 0.4) is 0 Å². The molecule has 0 aromatic heterocycles. The Morgan fingerprint density at radius 1 is 0.229 bits per heavy atom. The summed E-state index contributed by atoms with van der Waals surface area (Å²) in [5.74, 6) is 0.948. The van der Waals surface area contributed by atoms with E-state index in [1.165, 1.54) is 387 Å². The average Bonchev–Trinajstić information content (AvgIpc) is 3.37. The monoisotopic (exact) mass is 985 g/mol. The van der Waals surface area contributed by atoms with Gasteiger partial charge in [-0.3, -0.25) is 4.90 Å². The van der Waals surface area contributed by atoms with Gasteiger partial charge in [-0.15, -0.1) is 0 Å². The van der Waals surface area contributed by atoms with E-state index in [4.69, 9.17) is 0 Å². The van der Waals surface area contributed by atoms with Gasteiger partial charge in [-0.1, -0.05) is 311 Å². The van der Waals surface area contributed by atoms with Crippen LogP contribution in [0, 0.1) is 5.92 Å². The van der Waals surface area contributed by atoms with Gasteiger partial charge in [0, 0.05) is 39.3 Å². The van der Waals surface area contributed by atoms with Gasteiger partial charge >= 0.3 is 0 Å². The molecule has 4 nitrogen and oxygen atoms in total. The maximum atomic E-state index is 2.96. The van der Waals surface area contributed by atoms with Crippen molar-refractivity contribution in [2.75, 3.05) is 78.5 Å². The smallest absolute Gasteiger partial charge is 0.0110 e. The second kappa shape index (κ2) is 56.6. The van der Waals surface area contributed by atoms with E-state index in [0.717, 1.165) is 5.92 Å². The lowest BCUT2D eigenvalue weighted by Crippen LogP contribution is -2.49. The second-order valence-corrected chi connectivity index (χ2v) is 23.7. The Hall–Kier alpha value is -0.160. The molecule has 0 spiro atoms. The van der Waals surface area contributed by atoms with Crippen molar-refractivity contribution in [1.29, 1.82) is 0 Å². The van der Waals surface area contributed by atoms with Crippen LogP contribution in [0.1, 0.15) is 343 Å². The Bertz CT molecular complexity index is 906. The second-order valence-electron chi connectivity index (χ2n) is 23.7. The highest BCUT2D eigenvalue weighted by atomic mass is 15.3. The summed E-state index contributed by atoms with van der Waals surface area (Å²) in [6.07, 6.45) is 69.5. The highest BCUT2D eigenvalue weighted by Gasteiger charge is 2.19. The molecule has 1 saturated heterocycles. The third-order valence-electron chi connectivity index (χ3n) is 16.9. The first-order chi connectivity index (χ1) is 34.7. The zero-order valence-corrected chi connectivity index (χ0v) is 49.8. The molecule has 0 N–H and O–H groups in total. The fourth-order valence-electron chi connectivity index (χ4n) is 11.8. The van der Waals surface area contributed by atoms with Crippen LogP contribution in [0.15, 0.2) is 0 Å². The van der Waals surface area contributed by atoms with Crippen LogP contribution in [0.25, 0.3) is 0 Å². The van der Waals surface area contributed by atoms with Crippen molar-refractivity contribution in [2.45, 2.75) is 343 Å². The summed E-state index contributed by atoms with van der Waals surface area (Å²) in [6.45, 7) is 27.4. The minimum Gasteiger partial charge on any atom is -0.303 e. The predicted molar refractivity (Wildman–Crippen MR) is 319 cm³/mol. The number of rotatable bonds is 59. The van der Waals surface area contributed by atoms with Crippen molar-refractivity contribution in [1.82, 2.24) is 19.6 Å². The van der Waals surface area contributed by atoms with Gasteiger partial charge in [-0.25, -0.2) is 0 Å². The molecule has 70 heavy (non-hydrogen) atoms. The molecular weight excluding hydrogens is 849 g/mol. The SMILES string of the molecule is CCCCCCCCCCCCC(CCCCCCCCCCCC)CCN(CCCCCCCCCCCC)CCN1CCN(CCCN(CCCCCCCCC)CCCCCCCCC)CC1. The summed E-state index contributed by atoms with van der Waals surface area (Å²) in [6, 6.07) is 0. The third-order valence-corrected chi connectivity index (χ3v) is 16.9. The molecule has 0 unspecified atom stereocenters. The Morgan fingerprint density at radius 3 is 0.786 bits per heavy atom. The van der Waals surface area contributed by atoms with Crippen LogP contribution in [-0.2, 0) is 0 Å². The largest absolute Gasteiger partial charge is 0.303 e. The number of hydrogen-bond acceptors (Lipinski definition) is 4. The quantitative estimate of drug-likeness (QED) is 0.0563. The van der Waals surface area contributed by atoms with Gasteiger partial charge in [-0.05, 0) is 77.3 Å². The topological polar surface area (TPSA) is 13.0 Å². The zero-order valence-electron chi connectivity index (χ0n) is 49.8. The fourth-order valence-corrected chi connectivity index (χ4v) is 11.8. The summed E-state index contributed by atoms with van der Waals surface area (Å²) in [5.41, 5.74) is 0. The number of unbranched alkanes of at least 4 members (excludes halogenated alkanes) is 39. The van der Waals surface area contributed by atoms with E-state index in [1.54, 1.807) is 0 Å². The Labute approximate surface area is 444 Å². The van der Waals surface area contributed by atoms with Gasteiger partial charge in [0.2, 0.25) is 0 Å². The molecule has 1 rings (SSSR count). The van der Waals surface area contributed by atoms with Gasteiger partial charge in [0.1, 0.15) is 0 Å². The standard InChI is InChI=1S/C66H136N4/c1-6-11-16-21-26-29-32-35-40-45-51-66(52-46-41-36-33-30-27-22-17-12-7-2)53-59-68(56-49-44-39-34-31-28-23-18-13-8-3)60-63-70-64-61-69(62-65-70)58-50-57-67(54-47-42-37-24-19-14-9-4)55-48-43-38-25-20-15-10-5/h66H,6-65H2,1-5H3. The van der Waals surface area contributed by atoms with Crippen molar-refractivity contribution < 1.29 is 0 Å². The van der Waals surface area contributed by atoms with E-state index in [-0.39, 0.29) is 0 Å². The van der Waals surface area contributed by atoms with Crippen LogP contribution in [0.4, 0.5) is 0 Å². The lowest BCUT2D eigenvalue weighted by atomic mass is 9.91. The molecule has 420 valence electrons. The van der Waals surface area contributed by atoms with Gasteiger partial charge in [-0.2, -0.15) is 0 Å². The Balaban J connectivity index is 2.67. The third kappa shape index (κ3) is 47.5. The summed E-state index contributed by atoms with van der Waals surface area (Å²) < 4.78 is 0. The van der Waals surface area contributed by atoms with E-state index in [9.17, 15) is 0 Å². The Kier molecular flexibility index (Phi) is 54.8. The van der Waals surface area contributed by atoms with E-state index >= 15 is 0 Å². The molecule has 0 bridgehead atoms. The van der Waals surface area contributed by atoms with Crippen molar-refractivity contribution in [3.63, 3.8) is 0 Å². The minimum atomic E-state index is 0.948. The molecule has 0 radical (unpaired) electrons. The molecule has 0 aliphatic carbocycles. The number of nitrogens with zero attached hydrogens (tertiary/aromatic N) is 4. The lowest BCUT2D eigenvalue weighted by Gasteiger charge is -2.36. The van der Waals surface area contributed by atoms with Gasteiger partial charge in [0.15, 0.2) is 0 Å². The van der Waals surface area contributed by atoms with Crippen LogP contribution in [0.2, 0.25) is 0 Å². The molecule has 0 atom stereocenters. The van der Waals surface area contributed by atoms with Crippen LogP contribution < -0.4 is 0 Å². The maximum Gasteiger partial charge on any atom is 0.0110 e. The van der Waals surface area contributed by atoms with Crippen molar-refractivity contribution >= 4 is 0 Å². The highest BCUT2D eigenvalue weighted by molar-refractivity contribution is 4.75. The lowest BCUT2D eigenvalue weighted by molar-refractivity contribution is 0.112. The Morgan fingerprint density at radius 2 is 0.471 bits per heavy atom. The molecule has 0 aromatic carbocycles. The van der Waals surface area contributed by atoms with Crippen LogP contribution >= 0.6 is 0 Å². The summed E-state index contributed by atoms with van der Waals surface area (Å²) in [7, 11) is 0. The molecule has 1 fully saturated rings. The molecule has 0 saturated carbocycles. The minimum absolute atomic E-state index is 0.948. The number of piperazine rings is 1. The molecule has 4 heteroatoms. The van der Waals surface area contributed by atoms with Crippen LogP contribution in [0.5, 0.6) is 0 Å². The molecule has 1 aliphatic heterocycles. The predicted octanol–water partition coefficient (Wildman–Crippen LogP) is 20.6. The van der Waals surface area contributed by atoms with E-state index in [2.05, 4.69) is 54.2 Å².